The average molecular weight is 201 g/mol. The van der Waals surface area contributed by atoms with E-state index in [2.05, 4.69) is 5.32 Å². The van der Waals surface area contributed by atoms with Crippen molar-refractivity contribution in [1.82, 2.24) is 5.32 Å². The first kappa shape index (κ1) is 11.3. The molecule has 0 aromatic rings. The molecule has 1 fully saturated rings. The van der Waals surface area contributed by atoms with E-state index < -0.39 is 5.60 Å². The van der Waals surface area contributed by atoms with Crippen LogP contribution < -0.4 is 5.32 Å². The number of hydrogen-bond acceptors (Lipinski definition) is 3. The van der Waals surface area contributed by atoms with Crippen LogP contribution in [0.3, 0.4) is 0 Å². The van der Waals surface area contributed by atoms with Gasteiger partial charge in [-0.2, -0.15) is 0 Å². The first-order valence-electron chi connectivity index (χ1n) is 4.84. The minimum absolute atomic E-state index is 0.0748. The SMILES string of the molecule is CC(C)(C)OCC1NC(=O)OC1(C)C. The van der Waals surface area contributed by atoms with Gasteiger partial charge >= 0.3 is 6.09 Å². The van der Waals surface area contributed by atoms with E-state index in [1.807, 2.05) is 34.6 Å². The van der Waals surface area contributed by atoms with Gasteiger partial charge in [0.2, 0.25) is 0 Å². The Labute approximate surface area is 85.0 Å². The van der Waals surface area contributed by atoms with Gasteiger partial charge in [0.05, 0.1) is 18.2 Å². The van der Waals surface area contributed by atoms with Gasteiger partial charge in [0.15, 0.2) is 0 Å². The second-order valence-corrected chi connectivity index (χ2v) is 5.11. The molecule has 0 aliphatic carbocycles. The van der Waals surface area contributed by atoms with Gasteiger partial charge in [0.1, 0.15) is 5.60 Å². The van der Waals surface area contributed by atoms with Crippen molar-refractivity contribution in [2.45, 2.75) is 51.9 Å². The van der Waals surface area contributed by atoms with Crippen molar-refractivity contribution in [3.63, 3.8) is 0 Å². The molecule has 1 aliphatic heterocycles. The Morgan fingerprint density at radius 1 is 1.50 bits per heavy atom. The summed E-state index contributed by atoms with van der Waals surface area (Å²) in [7, 11) is 0. The zero-order valence-corrected chi connectivity index (χ0v) is 9.51. The topological polar surface area (TPSA) is 47.6 Å². The summed E-state index contributed by atoms with van der Waals surface area (Å²) >= 11 is 0. The van der Waals surface area contributed by atoms with Crippen molar-refractivity contribution in [3.05, 3.63) is 0 Å². The van der Waals surface area contributed by atoms with Crippen LogP contribution in [0.1, 0.15) is 34.6 Å². The number of hydrogen-bond donors (Lipinski definition) is 1. The molecule has 1 heterocycles. The van der Waals surface area contributed by atoms with Crippen LogP contribution in [0, 0.1) is 0 Å². The quantitative estimate of drug-likeness (QED) is 0.739. The molecule has 0 bridgehead atoms. The highest BCUT2D eigenvalue weighted by atomic mass is 16.6. The Morgan fingerprint density at radius 2 is 2.07 bits per heavy atom. The molecule has 1 unspecified atom stereocenters. The van der Waals surface area contributed by atoms with E-state index in [4.69, 9.17) is 9.47 Å². The molecule has 1 rings (SSSR count). The van der Waals surface area contributed by atoms with Crippen molar-refractivity contribution in [2.24, 2.45) is 0 Å². The summed E-state index contributed by atoms with van der Waals surface area (Å²) in [6.45, 7) is 10.2. The monoisotopic (exact) mass is 201 g/mol. The average Bonchev–Trinajstić information content (AvgIpc) is 2.18. The molecule has 4 nitrogen and oxygen atoms in total. The molecule has 0 radical (unpaired) electrons. The number of carbonyl (C=O) groups is 1. The molecule has 0 saturated carbocycles. The summed E-state index contributed by atoms with van der Waals surface area (Å²) in [5.41, 5.74) is -0.675. The van der Waals surface area contributed by atoms with E-state index >= 15 is 0 Å². The van der Waals surface area contributed by atoms with Crippen molar-refractivity contribution in [3.8, 4) is 0 Å². The predicted octanol–water partition coefficient (Wildman–Crippen LogP) is 1.69. The van der Waals surface area contributed by atoms with E-state index in [1.165, 1.54) is 0 Å². The Balaban J connectivity index is 2.49. The molecule has 0 spiro atoms. The molecule has 1 amide bonds. The molecule has 14 heavy (non-hydrogen) atoms. The number of alkyl carbamates (subject to hydrolysis) is 1. The number of ether oxygens (including phenoxy) is 2. The fourth-order valence-corrected chi connectivity index (χ4v) is 1.23. The number of amides is 1. The van der Waals surface area contributed by atoms with Gasteiger partial charge in [-0.3, -0.25) is 0 Å². The third-order valence-corrected chi connectivity index (χ3v) is 2.17. The second-order valence-electron chi connectivity index (χ2n) is 5.11. The zero-order chi connectivity index (χ0) is 11.0. The summed E-state index contributed by atoms with van der Waals surface area (Å²) in [5, 5.41) is 2.73. The highest BCUT2D eigenvalue weighted by Gasteiger charge is 2.41. The standard InChI is InChI=1S/C10H19NO3/c1-9(2,3)13-6-7-10(4,5)14-8(12)11-7/h7H,6H2,1-5H3,(H,11,12). The van der Waals surface area contributed by atoms with Gasteiger partial charge in [0, 0.05) is 0 Å². The van der Waals surface area contributed by atoms with Crippen molar-refractivity contribution in [1.29, 1.82) is 0 Å². The van der Waals surface area contributed by atoms with Crippen molar-refractivity contribution >= 4 is 6.09 Å². The molecule has 1 N–H and O–H groups in total. The third kappa shape index (κ3) is 2.87. The van der Waals surface area contributed by atoms with Gasteiger partial charge in [-0.05, 0) is 34.6 Å². The molecule has 82 valence electrons. The van der Waals surface area contributed by atoms with Gasteiger partial charge in [-0.25, -0.2) is 4.79 Å². The van der Waals surface area contributed by atoms with Crippen molar-refractivity contribution in [2.75, 3.05) is 6.61 Å². The number of nitrogens with one attached hydrogen (secondary N) is 1. The van der Waals surface area contributed by atoms with Crippen LogP contribution in [0.2, 0.25) is 0 Å². The maximum absolute atomic E-state index is 11.0. The van der Waals surface area contributed by atoms with Crippen LogP contribution in [0.4, 0.5) is 4.79 Å². The van der Waals surface area contributed by atoms with E-state index in [0.717, 1.165) is 0 Å². The molecule has 0 aromatic heterocycles. The fourth-order valence-electron chi connectivity index (χ4n) is 1.23. The van der Waals surface area contributed by atoms with Crippen LogP contribution in [-0.4, -0.2) is 29.9 Å². The summed E-state index contributed by atoms with van der Waals surface area (Å²) in [6, 6.07) is -0.0748. The number of carbonyl (C=O) groups excluding carboxylic acids is 1. The van der Waals surface area contributed by atoms with Gasteiger partial charge < -0.3 is 14.8 Å². The number of cyclic esters (lactones) is 1. The molecule has 1 saturated heterocycles. The lowest BCUT2D eigenvalue weighted by atomic mass is 10.0. The largest absolute Gasteiger partial charge is 0.441 e. The van der Waals surface area contributed by atoms with E-state index in [1.54, 1.807) is 0 Å². The number of rotatable bonds is 2. The lowest BCUT2D eigenvalue weighted by Crippen LogP contribution is -2.44. The van der Waals surface area contributed by atoms with Crippen LogP contribution in [0.15, 0.2) is 0 Å². The molecule has 1 aliphatic rings. The molecular weight excluding hydrogens is 182 g/mol. The molecule has 1 atom stereocenters. The Bertz CT molecular complexity index is 230. The Morgan fingerprint density at radius 3 is 2.43 bits per heavy atom. The summed E-state index contributed by atoms with van der Waals surface area (Å²) in [4.78, 5) is 11.0. The minimum atomic E-state index is -0.484. The van der Waals surface area contributed by atoms with Crippen LogP contribution in [0.5, 0.6) is 0 Å². The lowest BCUT2D eigenvalue weighted by molar-refractivity contribution is -0.0353. The highest BCUT2D eigenvalue weighted by Crippen LogP contribution is 2.22. The summed E-state index contributed by atoms with van der Waals surface area (Å²) in [6.07, 6.45) is -0.363. The van der Waals surface area contributed by atoms with Gasteiger partial charge in [-0.1, -0.05) is 0 Å². The Kier molecular flexibility index (Phi) is 2.76. The van der Waals surface area contributed by atoms with E-state index in [9.17, 15) is 4.79 Å². The van der Waals surface area contributed by atoms with E-state index in [-0.39, 0.29) is 17.7 Å². The smallest absolute Gasteiger partial charge is 0.408 e. The fraction of sp³-hybridized carbons (Fsp3) is 0.900. The first-order chi connectivity index (χ1) is 6.21. The maximum Gasteiger partial charge on any atom is 0.408 e. The van der Waals surface area contributed by atoms with E-state index in [0.29, 0.717) is 6.61 Å². The van der Waals surface area contributed by atoms with Crippen LogP contribution >= 0.6 is 0 Å². The first-order valence-corrected chi connectivity index (χ1v) is 4.84. The predicted molar refractivity (Wildman–Crippen MR) is 53.2 cm³/mol. The zero-order valence-electron chi connectivity index (χ0n) is 9.51. The maximum atomic E-state index is 11.0. The van der Waals surface area contributed by atoms with Crippen LogP contribution in [0.25, 0.3) is 0 Å². The normalized spacial score (nSPS) is 25.8. The third-order valence-electron chi connectivity index (χ3n) is 2.17. The molecular formula is C10H19NO3. The Hall–Kier alpha value is -0.770. The molecule has 0 aromatic carbocycles. The lowest BCUT2D eigenvalue weighted by Gasteiger charge is -2.27. The van der Waals surface area contributed by atoms with Crippen LogP contribution in [-0.2, 0) is 9.47 Å². The second kappa shape index (κ2) is 3.42. The summed E-state index contributed by atoms with van der Waals surface area (Å²) in [5.74, 6) is 0. The highest BCUT2D eigenvalue weighted by molar-refractivity contribution is 5.70. The summed E-state index contributed by atoms with van der Waals surface area (Å²) < 4.78 is 10.7. The van der Waals surface area contributed by atoms with Gasteiger partial charge in [0.25, 0.3) is 0 Å². The minimum Gasteiger partial charge on any atom is -0.441 e. The van der Waals surface area contributed by atoms with Gasteiger partial charge in [-0.15, -0.1) is 0 Å². The molecule has 4 heteroatoms. The van der Waals surface area contributed by atoms with Crippen molar-refractivity contribution < 1.29 is 14.3 Å².